The van der Waals surface area contributed by atoms with E-state index in [-0.39, 0.29) is 18.5 Å². The fraction of sp³-hybridized carbons (Fsp3) is 0.750. The van der Waals surface area contributed by atoms with E-state index in [1.165, 1.54) is 0 Å². The summed E-state index contributed by atoms with van der Waals surface area (Å²) in [5.41, 5.74) is 0. The summed E-state index contributed by atoms with van der Waals surface area (Å²) < 4.78 is 0. The quantitative estimate of drug-likeness (QED) is 0.691. The molecule has 0 aromatic carbocycles. The number of imide groups is 1. The summed E-state index contributed by atoms with van der Waals surface area (Å²) in [6, 6.07) is -0.662. The summed E-state index contributed by atoms with van der Waals surface area (Å²) in [5, 5.41) is 4.83. The molecule has 1 heterocycles. The number of nitrogens with one attached hydrogen (secondary N) is 2. The molecule has 0 aromatic rings. The van der Waals surface area contributed by atoms with Crippen molar-refractivity contribution in [2.75, 3.05) is 19.6 Å². The van der Waals surface area contributed by atoms with Crippen molar-refractivity contribution >= 4 is 18.2 Å². The number of piperidine rings is 1. The molecule has 0 saturated carbocycles. The van der Waals surface area contributed by atoms with Crippen LogP contribution in [0.1, 0.15) is 32.6 Å². The zero-order valence-corrected chi connectivity index (χ0v) is 10.8. The van der Waals surface area contributed by atoms with E-state index < -0.39 is 6.03 Å². The molecule has 1 atom stereocenters. The van der Waals surface area contributed by atoms with Crippen molar-refractivity contribution in [3.8, 4) is 0 Å². The maximum Gasteiger partial charge on any atom is 0.321 e. The molecule has 2 N–H and O–H groups in total. The molecule has 1 saturated heterocycles. The Kier molecular flexibility index (Phi) is 6.35. The topological polar surface area (TPSA) is 78.5 Å². The molecule has 1 aliphatic heterocycles. The SMILES string of the molecule is CCCNC(=O)NC(=O)CN1CCCCC1C=O. The molecule has 0 bridgehead atoms. The largest absolute Gasteiger partial charge is 0.338 e. The number of hydrogen-bond donors (Lipinski definition) is 2. The van der Waals surface area contributed by atoms with Crippen molar-refractivity contribution in [3.05, 3.63) is 0 Å². The summed E-state index contributed by atoms with van der Waals surface area (Å²) >= 11 is 0. The molecule has 0 radical (unpaired) electrons. The zero-order chi connectivity index (χ0) is 13.4. The minimum absolute atomic E-state index is 0.100. The minimum Gasteiger partial charge on any atom is -0.338 e. The Morgan fingerprint density at radius 1 is 1.39 bits per heavy atom. The van der Waals surface area contributed by atoms with Crippen LogP contribution in [0, 0.1) is 0 Å². The van der Waals surface area contributed by atoms with Crippen molar-refractivity contribution in [1.82, 2.24) is 15.5 Å². The predicted octanol–water partition coefficient (Wildman–Crippen LogP) is 0.276. The van der Waals surface area contributed by atoms with Crippen molar-refractivity contribution in [3.63, 3.8) is 0 Å². The maximum atomic E-state index is 11.6. The third-order valence-electron chi connectivity index (χ3n) is 2.96. The molecule has 1 rings (SSSR count). The smallest absolute Gasteiger partial charge is 0.321 e. The van der Waals surface area contributed by atoms with Gasteiger partial charge >= 0.3 is 6.03 Å². The standard InChI is InChI=1S/C12H21N3O3/c1-2-6-13-12(18)14-11(17)8-15-7-4-3-5-10(15)9-16/h9-10H,2-8H2,1H3,(H2,13,14,17,18). The van der Waals surface area contributed by atoms with Gasteiger partial charge in [0, 0.05) is 6.54 Å². The number of likely N-dealkylation sites (tertiary alicyclic amines) is 1. The first-order chi connectivity index (χ1) is 8.67. The van der Waals surface area contributed by atoms with Crippen LogP contribution in [0.3, 0.4) is 0 Å². The van der Waals surface area contributed by atoms with Crippen LogP contribution in [0.2, 0.25) is 0 Å². The molecule has 1 unspecified atom stereocenters. The van der Waals surface area contributed by atoms with Crippen LogP contribution in [0.4, 0.5) is 4.79 Å². The summed E-state index contributed by atoms with van der Waals surface area (Å²) in [5.74, 6) is -0.364. The second-order valence-electron chi connectivity index (χ2n) is 4.47. The van der Waals surface area contributed by atoms with Crippen LogP contribution in [-0.2, 0) is 9.59 Å². The lowest BCUT2D eigenvalue weighted by Gasteiger charge is -2.31. The molecule has 3 amide bonds. The molecule has 6 heteroatoms. The number of hydrogen-bond acceptors (Lipinski definition) is 4. The van der Waals surface area contributed by atoms with E-state index in [2.05, 4.69) is 10.6 Å². The molecule has 1 fully saturated rings. The number of nitrogens with zero attached hydrogens (tertiary/aromatic N) is 1. The van der Waals surface area contributed by atoms with E-state index in [1.807, 2.05) is 11.8 Å². The lowest BCUT2D eigenvalue weighted by atomic mass is 10.0. The van der Waals surface area contributed by atoms with Gasteiger partial charge in [-0.3, -0.25) is 15.0 Å². The van der Waals surface area contributed by atoms with E-state index in [0.717, 1.165) is 38.5 Å². The van der Waals surface area contributed by atoms with E-state index in [4.69, 9.17) is 0 Å². The molecule has 0 aromatic heterocycles. The van der Waals surface area contributed by atoms with Gasteiger partial charge in [0.15, 0.2) is 0 Å². The van der Waals surface area contributed by atoms with Gasteiger partial charge in [-0.1, -0.05) is 13.3 Å². The van der Waals surface area contributed by atoms with Crippen molar-refractivity contribution in [2.24, 2.45) is 0 Å². The van der Waals surface area contributed by atoms with Gasteiger partial charge < -0.3 is 10.1 Å². The second-order valence-corrected chi connectivity index (χ2v) is 4.47. The van der Waals surface area contributed by atoms with Gasteiger partial charge in [-0.15, -0.1) is 0 Å². The number of urea groups is 1. The first kappa shape index (κ1) is 14.6. The molecule has 0 aliphatic carbocycles. The Morgan fingerprint density at radius 3 is 2.83 bits per heavy atom. The molecule has 102 valence electrons. The van der Waals surface area contributed by atoms with Gasteiger partial charge in [0.2, 0.25) is 5.91 Å². The number of aldehydes is 1. The molecule has 0 spiro atoms. The van der Waals surface area contributed by atoms with Crippen molar-refractivity contribution < 1.29 is 14.4 Å². The van der Waals surface area contributed by atoms with E-state index in [9.17, 15) is 14.4 Å². The lowest BCUT2D eigenvalue weighted by molar-refractivity contribution is -0.123. The highest BCUT2D eigenvalue weighted by molar-refractivity contribution is 5.95. The Bertz CT molecular complexity index is 307. The third-order valence-corrected chi connectivity index (χ3v) is 2.96. The van der Waals surface area contributed by atoms with Gasteiger partial charge in [-0.25, -0.2) is 4.79 Å². The normalized spacial score (nSPS) is 20.2. The van der Waals surface area contributed by atoms with Gasteiger partial charge in [0.1, 0.15) is 6.29 Å². The minimum atomic E-state index is -0.471. The third kappa shape index (κ3) is 4.83. The first-order valence-corrected chi connectivity index (χ1v) is 6.44. The number of carbonyl (C=O) groups is 3. The van der Waals surface area contributed by atoms with Crippen LogP contribution in [0.5, 0.6) is 0 Å². The van der Waals surface area contributed by atoms with Gasteiger partial charge in [0.05, 0.1) is 12.6 Å². The second kappa shape index (κ2) is 7.81. The molecular weight excluding hydrogens is 234 g/mol. The van der Waals surface area contributed by atoms with E-state index in [1.54, 1.807) is 0 Å². The summed E-state index contributed by atoms with van der Waals surface area (Å²) in [6.07, 6.45) is 4.49. The number of carbonyl (C=O) groups excluding carboxylic acids is 3. The van der Waals surface area contributed by atoms with Crippen molar-refractivity contribution in [1.29, 1.82) is 0 Å². The van der Waals surface area contributed by atoms with Gasteiger partial charge in [0.25, 0.3) is 0 Å². The number of amides is 3. The van der Waals surface area contributed by atoms with Crippen molar-refractivity contribution in [2.45, 2.75) is 38.6 Å². The summed E-state index contributed by atoms with van der Waals surface area (Å²) in [4.78, 5) is 35.6. The van der Waals surface area contributed by atoms with Gasteiger partial charge in [-0.2, -0.15) is 0 Å². The lowest BCUT2D eigenvalue weighted by Crippen LogP contribution is -2.49. The number of rotatable bonds is 5. The Hall–Kier alpha value is -1.43. The average Bonchev–Trinajstić information content (AvgIpc) is 2.36. The van der Waals surface area contributed by atoms with Crippen LogP contribution < -0.4 is 10.6 Å². The van der Waals surface area contributed by atoms with E-state index in [0.29, 0.717) is 6.54 Å². The molecule has 1 aliphatic rings. The van der Waals surface area contributed by atoms with Crippen LogP contribution >= 0.6 is 0 Å². The average molecular weight is 255 g/mol. The highest BCUT2D eigenvalue weighted by atomic mass is 16.2. The zero-order valence-electron chi connectivity index (χ0n) is 10.8. The van der Waals surface area contributed by atoms with Crippen LogP contribution in [0.15, 0.2) is 0 Å². The fourth-order valence-corrected chi connectivity index (χ4v) is 2.00. The molecule has 6 nitrogen and oxygen atoms in total. The Morgan fingerprint density at radius 2 is 2.17 bits per heavy atom. The summed E-state index contributed by atoms with van der Waals surface area (Å²) in [7, 11) is 0. The Balaban J connectivity index is 2.34. The predicted molar refractivity (Wildman–Crippen MR) is 67.1 cm³/mol. The fourth-order valence-electron chi connectivity index (χ4n) is 2.00. The summed E-state index contributed by atoms with van der Waals surface area (Å²) in [6.45, 7) is 3.31. The molecule has 18 heavy (non-hydrogen) atoms. The molecular formula is C12H21N3O3. The highest BCUT2D eigenvalue weighted by Crippen LogP contribution is 2.14. The van der Waals surface area contributed by atoms with E-state index >= 15 is 0 Å². The maximum absolute atomic E-state index is 11.6. The van der Waals surface area contributed by atoms with Gasteiger partial charge in [-0.05, 0) is 25.8 Å². The van der Waals surface area contributed by atoms with Crippen LogP contribution in [0.25, 0.3) is 0 Å². The highest BCUT2D eigenvalue weighted by Gasteiger charge is 2.24. The monoisotopic (exact) mass is 255 g/mol. The first-order valence-electron chi connectivity index (χ1n) is 6.44. The Labute approximate surface area is 107 Å². The van der Waals surface area contributed by atoms with Crippen LogP contribution in [-0.4, -0.2) is 48.8 Å².